The zero-order chi connectivity index (χ0) is 17.9. The van der Waals surface area contributed by atoms with Gasteiger partial charge in [0.1, 0.15) is 0 Å². The van der Waals surface area contributed by atoms with Crippen LogP contribution in [0.3, 0.4) is 0 Å². The molecular formula is C22H43N. The zero-order valence-corrected chi connectivity index (χ0v) is 17.1. The van der Waals surface area contributed by atoms with Crippen molar-refractivity contribution >= 4 is 0 Å². The lowest BCUT2D eigenvalue weighted by molar-refractivity contribution is 0.127. The van der Waals surface area contributed by atoms with Gasteiger partial charge in [-0.1, -0.05) is 92.4 Å². The minimum atomic E-state index is 0.256. The summed E-state index contributed by atoms with van der Waals surface area (Å²) in [6.45, 7) is 15.1. The summed E-state index contributed by atoms with van der Waals surface area (Å²) in [6, 6.07) is 0.256. The van der Waals surface area contributed by atoms with E-state index in [0.29, 0.717) is 17.3 Å². The van der Waals surface area contributed by atoms with Gasteiger partial charge in [0.2, 0.25) is 0 Å². The van der Waals surface area contributed by atoms with E-state index in [4.69, 9.17) is 6.42 Å². The maximum absolute atomic E-state index is 5.72. The Hall–Kier alpha value is -0.480. The fourth-order valence-electron chi connectivity index (χ4n) is 3.41. The third-order valence-corrected chi connectivity index (χ3v) is 5.60. The van der Waals surface area contributed by atoms with Gasteiger partial charge in [0, 0.05) is 6.54 Å². The van der Waals surface area contributed by atoms with Crippen molar-refractivity contribution < 1.29 is 0 Å². The number of terminal acetylenes is 1. The van der Waals surface area contributed by atoms with Gasteiger partial charge in [0.25, 0.3) is 0 Å². The van der Waals surface area contributed by atoms with Crippen molar-refractivity contribution in [3.63, 3.8) is 0 Å². The predicted octanol–water partition coefficient (Wildman–Crippen LogP) is 6.38. The molecule has 0 fully saturated rings. The van der Waals surface area contributed by atoms with Gasteiger partial charge < -0.3 is 0 Å². The minimum Gasteiger partial charge on any atom is -0.292 e. The Balaban J connectivity index is 4.13. The Labute approximate surface area is 147 Å². The molecule has 0 rings (SSSR count). The summed E-state index contributed by atoms with van der Waals surface area (Å²) in [7, 11) is 2.19. The van der Waals surface area contributed by atoms with Crippen LogP contribution in [-0.2, 0) is 0 Å². The normalized spacial score (nSPS) is 15.0. The zero-order valence-electron chi connectivity index (χ0n) is 17.1. The summed E-state index contributed by atoms with van der Waals surface area (Å²) in [6.07, 6.45) is 16.8. The molecule has 0 aromatic carbocycles. The fourth-order valence-corrected chi connectivity index (χ4v) is 3.41. The van der Waals surface area contributed by atoms with E-state index in [1.54, 1.807) is 0 Å². The quantitative estimate of drug-likeness (QED) is 0.281. The molecule has 0 spiro atoms. The van der Waals surface area contributed by atoms with Crippen LogP contribution in [0.5, 0.6) is 0 Å². The summed E-state index contributed by atoms with van der Waals surface area (Å²) < 4.78 is 0. The third-order valence-electron chi connectivity index (χ3n) is 5.60. The molecule has 0 saturated carbocycles. The van der Waals surface area contributed by atoms with E-state index in [9.17, 15) is 0 Å². The molecular weight excluding hydrogens is 278 g/mol. The Morgan fingerprint density at radius 3 is 1.96 bits per heavy atom. The van der Waals surface area contributed by atoms with Crippen molar-refractivity contribution in [1.82, 2.24) is 4.90 Å². The van der Waals surface area contributed by atoms with Crippen LogP contribution in [0.1, 0.15) is 92.9 Å². The Morgan fingerprint density at radius 1 is 0.957 bits per heavy atom. The van der Waals surface area contributed by atoms with E-state index in [0.717, 1.165) is 6.54 Å². The Morgan fingerprint density at radius 2 is 1.48 bits per heavy atom. The highest BCUT2D eigenvalue weighted by molar-refractivity contribution is 5.01. The lowest BCUT2D eigenvalue weighted by atomic mass is 9.75. The summed E-state index contributed by atoms with van der Waals surface area (Å²) in [5.41, 5.74) is 0.397. The van der Waals surface area contributed by atoms with Crippen molar-refractivity contribution in [2.24, 2.45) is 17.3 Å². The minimum absolute atomic E-state index is 0.256. The van der Waals surface area contributed by atoms with E-state index < -0.39 is 0 Å². The first kappa shape index (κ1) is 22.5. The molecule has 2 atom stereocenters. The maximum atomic E-state index is 5.72. The molecule has 1 heteroatoms. The molecule has 136 valence electrons. The van der Waals surface area contributed by atoms with Gasteiger partial charge in [-0.2, -0.15) is 0 Å². The Bertz CT molecular complexity index is 323. The van der Waals surface area contributed by atoms with Crippen LogP contribution in [-0.4, -0.2) is 24.5 Å². The highest BCUT2D eigenvalue weighted by Crippen LogP contribution is 2.33. The van der Waals surface area contributed by atoms with Crippen molar-refractivity contribution in [1.29, 1.82) is 0 Å². The number of unbranched alkanes of at least 4 members (excludes halogenated alkanes) is 6. The first-order chi connectivity index (χ1) is 10.8. The van der Waals surface area contributed by atoms with E-state index in [-0.39, 0.29) is 6.04 Å². The van der Waals surface area contributed by atoms with Crippen molar-refractivity contribution in [2.75, 3.05) is 13.6 Å². The average molecular weight is 322 g/mol. The van der Waals surface area contributed by atoms with Gasteiger partial charge in [0.05, 0.1) is 6.04 Å². The SMILES string of the molecule is C#CC(C(C)C)N(C)CC(C)C(C)(C)CCCCCCCCC. The molecule has 0 aliphatic heterocycles. The predicted molar refractivity (Wildman–Crippen MR) is 106 cm³/mol. The molecule has 0 aliphatic carbocycles. The van der Waals surface area contributed by atoms with Crippen LogP contribution < -0.4 is 0 Å². The molecule has 23 heavy (non-hydrogen) atoms. The first-order valence-electron chi connectivity index (χ1n) is 9.92. The second-order valence-corrected chi connectivity index (χ2v) is 8.56. The van der Waals surface area contributed by atoms with E-state index in [1.807, 2.05) is 0 Å². The lowest BCUT2D eigenvalue weighted by Gasteiger charge is -2.37. The molecule has 0 heterocycles. The monoisotopic (exact) mass is 321 g/mol. The van der Waals surface area contributed by atoms with E-state index >= 15 is 0 Å². The largest absolute Gasteiger partial charge is 0.292 e. The highest BCUT2D eigenvalue weighted by Gasteiger charge is 2.28. The molecule has 0 radical (unpaired) electrons. The second-order valence-electron chi connectivity index (χ2n) is 8.56. The number of rotatable bonds is 13. The topological polar surface area (TPSA) is 3.24 Å². The molecule has 0 saturated heterocycles. The van der Waals surface area contributed by atoms with Crippen LogP contribution in [0.25, 0.3) is 0 Å². The van der Waals surface area contributed by atoms with E-state index in [2.05, 4.69) is 59.4 Å². The summed E-state index contributed by atoms with van der Waals surface area (Å²) >= 11 is 0. The van der Waals surface area contributed by atoms with Gasteiger partial charge in [-0.25, -0.2) is 0 Å². The van der Waals surface area contributed by atoms with Crippen LogP contribution in [0.4, 0.5) is 0 Å². The first-order valence-corrected chi connectivity index (χ1v) is 9.92. The second kappa shape index (κ2) is 12.0. The van der Waals surface area contributed by atoms with Gasteiger partial charge >= 0.3 is 0 Å². The van der Waals surface area contributed by atoms with Gasteiger partial charge in [-0.3, -0.25) is 4.90 Å². The van der Waals surface area contributed by atoms with Crippen LogP contribution >= 0.6 is 0 Å². The standard InChI is InChI=1S/C22H43N/c1-9-11-12-13-14-15-16-17-22(6,7)20(5)18-23(8)21(10-2)19(3)4/h2,19-21H,9,11-18H2,1,3-8H3. The third kappa shape index (κ3) is 9.41. The summed E-state index contributed by atoms with van der Waals surface area (Å²) in [5.74, 6) is 4.15. The van der Waals surface area contributed by atoms with Crippen LogP contribution in [0.2, 0.25) is 0 Å². The highest BCUT2D eigenvalue weighted by atomic mass is 15.1. The summed E-state index contributed by atoms with van der Waals surface area (Å²) in [4.78, 5) is 2.38. The average Bonchev–Trinajstić information content (AvgIpc) is 2.46. The number of hydrogen-bond acceptors (Lipinski definition) is 1. The number of hydrogen-bond donors (Lipinski definition) is 0. The number of nitrogens with zero attached hydrogens (tertiary/aromatic N) is 1. The molecule has 0 aromatic rings. The van der Waals surface area contributed by atoms with Crippen LogP contribution in [0, 0.1) is 29.6 Å². The molecule has 2 unspecified atom stereocenters. The van der Waals surface area contributed by atoms with Gasteiger partial charge in [0.15, 0.2) is 0 Å². The lowest BCUT2D eigenvalue weighted by Crippen LogP contribution is -2.40. The molecule has 0 aliphatic rings. The fraction of sp³-hybridized carbons (Fsp3) is 0.909. The van der Waals surface area contributed by atoms with Crippen molar-refractivity contribution in [2.45, 2.75) is 99.0 Å². The smallest absolute Gasteiger partial charge is 0.0732 e. The van der Waals surface area contributed by atoms with Crippen molar-refractivity contribution in [3.05, 3.63) is 0 Å². The molecule has 0 aromatic heterocycles. The maximum Gasteiger partial charge on any atom is 0.0732 e. The van der Waals surface area contributed by atoms with Crippen LogP contribution in [0.15, 0.2) is 0 Å². The van der Waals surface area contributed by atoms with E-state index in [1.165, 1.54) is 51.4 Å². The van der Waals surface area contributed by atoms with Gasteiger partial charge in [-0.05, 0) is 30.7 Å². The summed E-state index contributed by atoms with van der Waals surface area (Å²) in [5, 5.41) is 0. The Kier molecular flexibility index (Phi) is 11.7. The molecule has 1 nitrogen and oxygen atoms in total. The molecule has 0 bridgehead atoms. The molecule has 0 N–H and O–H groups in total. The molecule has 0 amide bonds. The van der Waals surface area contributed by atoms with Crippen molar-refractivity contribution in [3.8, 4) is 12.3 Å². The van der Waals surface area contributed by atoms with Gasteiger partial charge in [-0.15, -0.1) is 6.42 Å².